The summed E-state index contributed by atoms with van der Waals surface area (Å²) >= 11 is 0. The lowest BCUT2D eigenvalue weighted by molar-refractivity contribution is -0.168. The van der Waals surface area contributed by atoms with E-state index >= 15 is 0 Å². The molecule has 0 aromatic carbocycles. The molecule has 4 nitrogen and oxygen atoms in total. The first-order chi connectivity index (χ1) is 12.8. The minimum absolute atomic E-state index is 0.0426. The van der Waals surface area contributed by atoms with Crippen molar-refractivity contribution >= 4 is 11.8 Å². The van der Waals surface area contributed by atoms with E-state index in [1.54, 1.807) is 0 Å². The van der Waals surface area contributed by atoms with Gasteiger partial charge in [-0.15, -0.1) is 0 Å². The molecule has 8 atom stereocenters. The predicted molar refractivity (Wildman–Crippen MR) is 105 cm³/mol. The van der Waals surface area contributed by atoms with Gasteiger partial charge in [-0.25, -0.2) is 0 Å². The molecule has 4 fully saturated rings. The maximum atomic E-state index is 12.6. The Morgan fingerprint density at radius 3 is 2.63 bits per heavy atom. The van der Waals surface area contributed by atoms with Crippen LogP contribution in [0.15, 0.2) is 0 Å². The maximum Gasteiger partial charge on any atom is 0.307 e. The van der Waals surface area contributed by atoms with Crippen LogP contribution in [0.25, 0.3) is 0 Å². The molecule has 0 heterocycles. The molecule has 27 heavy (non-hydrogen) atoms. The maximum absolute atomic E-state index is 12.6. The third-order valence-corrected chi connectivity index (χ3v) is 9.34. The van der Waals surface area contributed by atoms with Crippen molar-refractivity contribution in [1.29, 1.82) is 0 Å². The lowest BCUT2D eigenvalue weighted by Crippen LogP contribution is -2.56. The van der Waals surface area contributed by atoms with E-state index in [2.05, 4.69) is 20.8 Å². The molecule has 0 spiro atoms. The molecule has 0 saturated heterocycles. The van der Waals surface area contributed by atoms with Gasteiger partial charge in [0.25, 0.3) is 0 Å². The standard InChI is InChI=1S/C23H37NO3/c1-14-12-16-17-4-5-20(25)23(17,3)10-7-18(16)22(2)9-6-15(13-19(14)22)27-21(26)8-11-24/h14-19H,4-13,24H2,1-3H3/t14-,15-,16-,17-,18-,19?,22+,23-/m0/s1. The molecule has 0 radical (unpaired) electrons. The van der Waals surface area contributed by atoms with Gasteiger partial charge in [0, 0.05) is 18.4 Å². The summed E-state index contributed by atoms with van der Waals surface area (Å²) in [5.74, 6) is 3.72. The number of esters is 1. The highest BCUT2D eigenvalue weighted by molar-refractivity contribution is 5.87. The molecule has 4 heteroatoms. The SMILES string of the molecule is C[C@H]1C[C@@H]2[C@H](CC[C@]3(C)C(=O)CC[C@@H]23)[C@@]2(C)CC[C@H](OC(=O)CCN)CC12. The zero-order valence-electron chi connectivity index (χ0n) is 17.3. The molecule has 0 bridgehead atoms. The summed E-state index contributed by atoms with van der Waals surface area (Å²) in [6, 6.07) is 0. The van der Waals surface area contributed by atoms with Crippen LogP contribution in [0.2, 0.25) is 0 Å². The zero-order valence-corrected chi connectivity index (χ0v) is 17.3. The summed E-state index contributed by atoms with van der Waals surface area (Å²) in [5.41, 5.74) is 5.79. The summed E-state index contributed by atoms with van der Waals surface area (Å²) in [7, 11) is 0. The van der Waals surface area contributed by atoms with Crippen molar-refractivity contribution in [3.63, 3.8) is 0 Å². The number of hydrogen-bond acceptors (Lipinski definition) is 4. The van der Waals surface area contributed by atoms with E-state index < -0.39 is 0 Å². The minimum Gasteiger partial charge on any atom is -0.462 e. The fourth-order valence-electron chi connectivity index (χ4n) is 7.94. The highest BCUT2D eigenvalue weighted by Crippen LogP contribution is 2.66. The Morgan fingerprint density at radius 2 is 1.89 bits per heavy atom. The molecule has 0 aromatic heterocycles. The van der Waals surface area contributed by atoms with Gasteiger partial charge in [-0.1, -0.05) is 20.8 Å². The third kappa shape index (κ3) is 2.97. The summed E-state index contributed by atoms with van der Waals surface area (Å²) in [4.78, 5) is 24.5. The van der Waals surface area contributed by atoms with E-state index in [1.807, 2.05) is 0 Å². The first-order valence-electron chi connectivity index (χ1n) is 11.2. The van der Waals surface area contributed by atoms with Crippen LogP contribution in [0.1, 0.15) is 78.6 Å². The Bertz CT molecular complexity index is 619. The van der Waals surface area contributed by atoms with Crippen LogP contribution in [0.4, 0.5) is 0 Å². The van der Waals surface area contributed by atoms with Gasteiger partial charge in [0.15, 0.2) is 0 Å². The predicted octanol–water partition coefficient (Wildman–Crippen LogP) is 4.10. The summed E-state index contributed by atoms with van der Waals surface area (Å²) in [6.45, 7) is 7.55. The fraction of sp³-hybridized carbons (Fsp3) is 0.913. The van der Waals surface area contributed by atoms with Gasteiger partial charge >= 0.3 is 5.97 Å². The number of carbonyl (C=O) groups excluding carboxylic acids is 2. The third-order valence-electron chi connectivity index (χ3n) is 9.34. The first-order valence-corrected chi connectivity index (χ1v) is 11.2. The summed E-state index contributed by atoms with van der Waals surface area (Å²) in [6.07, 6.45) is 9.02. The van der Waals surface area contributed by atoms with Gasteiger partial charge in [-0.2, -0.15) is 0 Å². The number of nitrogens with two attached hydrogens (primary N) is 1. The van der Waals surface area contributed by atoms with Crippen molar-refractivity contribution in [1.82, 2.24) is 0 Å². The lowest BCUT2D eigenvalue weighted by atomic mass is 9.43. The second-order valence-electron chi connectivity index (χ2n) is 10.5. The molecule has 1 unspecified atom stereocenters. The lowest BCUT2D eigenvalue weighted by Gasteiger charge is -2.62. The number of hydrogen-bond donors (Lipinski definition) is 1. The van der Waals surface area contributed by atoms with Crippen LogP contribution in [0.3, 0.4) is 0 Å². The van der Waals surface area contributed by atoms with Crippen molar-refractivity contribution in [2.45, 2.75) is 84.7 Å². The highest BCUT2D eigenvalue weighted by Gasteiger charge is 2.61. The van der Waals surface area contributed by atoms with Crippen LogP contribution >= 0.6 is 0 Å². The van der Waals surface area contributed by atoms with Crippen LogP contribution < -0.4 is 5.73 Å². The van der Waals surface area contributed by atoms with E-state index in [0.29, 0.717) is 47.8 Å². The molecular weight excluding hydrogens is 338 g/mol. The van der Waals surface area contributed by atoms with Crippen molar-refractivity contribution in [2.24, 2.45) is 46.2 Å². The summed E-state index contributed by atoms with van der Waals surface area (Å²) in [5, 5.41) is 0. The molecule has 2 N–H and O–H groups in total. The highest BCUT2D eigenvalue weighted by atomic mass is 16.5. The Balaban J connectivity index is 1.52. The smallest absolute Gasteiger partial charge is 0.307 e. The van der Waals surface area contributed by atoms with Gasteiger partial charge in [0.1, 0.15) is 11.9 Å². The van der Waals surface area contributed by atoms with E-state index in [1.165, 1.54) is 12.8 Å². The van der Waals surface area contributed by atoms with Gasteiger partial charge < -0.3 is 10.5 Å². The van der Waals surface area contributed by atoms with Crippen LogP contribution in [-0.2, 0) is 14.3 Å². The molecule has 4 rings (SSSR count). The number of Topliss-reactive ketones (excluding diaryl/α,β-unsaturated/α-hetero) is 1. The van der Waals surface area contributed by atoms with E-state index in [-0.39, 0.29) is 17.5 Å². The average Bonchev–Trinajstić information content (AvgIpc) is 2.92. The van der Waals surface area contributed by atoms with Gasteiger partial charge in [-0.05, 0) is 80.0 Å². The number of ether oxygens (including phenoxy) is 1. The van der Waals surface area contributed by atoms with Crippen molar-refractivity contribution in [3.05, 3.63) is 0 Å². The summed E-state index contributed by atoms with van der Waals surface area (Å²) < 4.78 is 5.75. The van der Waals surface area contributed by atoms with Crippen LogP contribution in [-0.4, -0.2) is 24.4 Å². The Hall–Kier alpha value is -0.900. The zero-order chi connectivity index (χ0) is 19.4. The van der Waals surface area contributed by atoms with E-state index in [4.69, 9.17) is 10.5 Å². The second kappa shape index (κ2) is 6.86. The second-order valence-corrected chi connectivity index (χ2v) is 10.5. The van der Waals surface area contributed by atoms with E-state index in [0.717, 1.165) is 44.4 Å². The molecule has 0 amide bonds. The Kier molecular flexibility index (Phi) is 4.93. The monoisotopic (exact) mass is 375 g/mol. The number of fused-ring (bicyclic) bond motifs is 5. The van der Waals surface area contributed by atoms with Gasteiger partial charge in [-0.3, -0.25) is 9.59 Å². The molecule has 4 saturated carbocycles. The topological polar surface area (TPSA) is 69.4 Å². The quantitative estimate of drug-likeness (QED) is 0.754. The van der Waals surface area contributed by atoms with Gasteiger partial charge in [0.2, 0.25) is 0 Å². The number of carbonyl (C=O) groups is 2. The normalized spacial score (nSPS) is 49.1. The average molecular weight is 376 g/mol. The Labute approximate surface area is 164 Å². The van der Waals surface area contributed by atoms with E-state index in [9.17, 15) is 9.59 Å². The molecule has 152 valence electrons. The Morgan fingerprint density at radius 1 is 1.11 bits per heavy atom. The molecule has 4 aliphatic carbocycles. The number of ketones is 1. The van der Waals surface area contributed by atoms with Crippen LogP contribution in [0.5, 0.6) is 0 Å². The molecule has 0 aliphatic heterocycles. The van der Waals surface area contributed by atoms with Crippen molar-refractivity contribution in [3.8, 4) is 0 Å². The van der Waals surface area contributed by atoms with Crippen molar-refractivity contribution in [2.75, 3.05) is 6.54 Å². The van der Waals surface area contributed by atoms with Crippen molar-refractivity contribution < 1.29 is 14.3 Å². The largest absolute Gasteiger partial charge is 0.462 e. The minimum atomic E-state index is -0.134. The fourth-order valence-corrected chi connectivity index (χ4v) is 7.94. The van der Waals surface area contributed by atoms with Crippen LogP contribution in [0, 0.1) is 40.4 Å². The molecule has 4 aliphatic rings. The number of rotatable bonds is 3. The van der Waals surface area contributed by atoms with Gasteiger partial charge in [0.05, 0.1) is 6.42 Å². The molecule has 0 aromatic rings. The first kappa shape index (κ1) is 19.4. The molecular formula is C23H37NO3.